The maximum Gasteiger partial charge on any atom is 0.164 e. The quantitative estimate of drug-likeness (QED) is 0.600. The summed E-state index contributed by atoms with van der Waals surface area (Å²) in [5, 5.41) is -0.362. The molecular weight excluding hydrogens is 357 g/mol. The number of rotatable bonds is 2. The van der Waals surface area contributed by atoms with Gasteiger partial charge in [0.1, 0.15) is 17.2 Å². The highest BCUT2D eigenvalue weighted by Crippen LogP contribution is 2.29. The first-order valence-corrected chi connectivity index (χ1v) is 7.65. The summed E-state index contributed by atoms with van der Waals surface area (Å²) in [6.45, 7) is 3.65. The topological polar surface area (TPSA) is 30.7 Å². The minimum atomic E-state index is -0.362. The number of imidazole rings is 1. The zero-order valence-corrected chi connectivity index (χ0v) is 13.8. The average molecular weight is 369 g/mol. The fraction of sp³-hybridized carbons (Fsp3) is 0.200. The Kier molecular flexibility index (Phi) is 3.71. The van der Waals surface area contributed by atoms with Gasteiger partial charge >= 0.3 is 0 Å². The van der Waals surface area contributed by atoms with Crippen molar-refractivity contribution in [3.05, 3.63) is 52.1 Å². The molecule has 0 bridgehead atoms. The van der Waals surface area contributed by atoms with Gasteiger partial charge in [-0.3, -0.25) is 4.57 Å². The Hall–Kier alpha value is -1.46. The van der Waals surface area contributed by atoms with Crippen LogP contribution in [0.1, 0.15) is 23.7 Å². The van der Waals surface area contributed by atoms with Crippen LogP contribution < -0.4 is 0 Å². The van der Waals surface area contributed by atoms with Crippen molar-refractivity contribution in [2.45, 2.75) is 19.2 Å². The molecule has 108 valence electrons. The molecule has 0 aliphatic heterocycles. The summed E-state index contributed by atoms with van der Waals surface area (Å²) in [6.07, 6.45) is 1.66. The SMILES string of the molecule is Cc1ccc(-n2c(C(C)Cl)nc3cc(Br)cnc32)c(F)c1. The number of benzene rings is 1. The van der Waals surface area contributed by atoms with Crippen LogP contribution in [-0.4, -0.2) is 14.5 Å². The first-order chi connectivity index (χ1) is 9.97. The molecule has 3 rings (SSSR count). The standard InChI is InChI=1S/C15H12BrClFN3/c1-8-3-4-13(11(18)5-8)21-14(9(2)17)20-12-6-10(16)7-19-15(12)21/h3-7,9H,1-2H3. The van der Waals surface area contributed by atoms with Crippen LogP contribution in [0.2, 0.25) is 0 Å². The molecule has 1 aromatic carbocycles. The number of hydrogen-bond donors (Lipinski definition) is 0. The Labute approximate surface area is 134 Å². The van der Waals surface area contributed by atoms with Gasteiger partial charge in [0.2, 0.25) is 0 Å². The monoisotopic (exact) mass is 367 g/mol. The van der Waals surface area contributed by atoms with Crippen molar-refractivity contribution in [2.24, 2.45) is 0 Å². The highest BCUT2D eigenvalue weighted by atomic mass is 79.9. The molecule has 0 saturated heterocycles. The molecule has 1 unspecified atom stereocenters. The number of alkyl halides is 1. The van der Waals surface area contributed by atoms with E-state index in [9.17, 15) is 4.39 Å². The predicted octanol–water partition coefficient (Wildman–Crippen LogP) is 4.93. The third-order valence-corrected chi connectivity index (χ3v) is 3.82. The highest BCUT2D eigenvalue weighted by Gasteiger charge is 2.19. The fourth-order valence-electron chi connectivity index (χ4n) is 2.26. The van der Waals surface area contributed by atoms with Crippen molar-refractivity contribution in [1.29, 1.82) is 0 Å². The number of aryl methyl sites for hydroxylation is 1. The molecule has 0 amide bonds. The lowest BCUT2D eigenvalue weighted by molar-refractivity contribution is 0.615. The van der Waals surface area contributed by atoms with Crippen LogP contribution in [0.4, 0.5) is 4.39 Å². The molecule has 1 atom stereocenters. The number of aromatic nitrogens is 3. The Morgan fingerprint density at radius 3 is 2.76 bits per heavy atom. The molecule has 0 saturated carbocycles. The van der Waals surface area contributed by atoms with Crippen LogP contribution in [0.15, 0.2) is 34.9 Å². The van der Waals surface area contributed by atoms with E-state index in [0.29, 0.717) is 22.7 Å². The van der Waals surface area contributed by atoms with Gasteiger partial charge in [0.05, 0.1) is 11.1 Å². The largest absolute Gasteiger partial charge is 0.276 e. The highest BCUT2D eigenvalue weighted by molar-refractivity contribution is 9.10. The normalized spacial score (nSPS) is 12.8. The first kappa shape index (κ1) is 14.5. The minimum absolute atomic E-state index is 0.322. The van der Waals surface area contributed by atoms with Gasteiger partial charge in [-0.15, -0.1) is 11.6 Å². The lowest BCUT2D eigenvalue weighted by Gasteiger charge is -2.11. The fourth-order valence-corrected chi connectivity index (χ4v) is 2.72. The lowest BCUT2D eigenvalue weighted by Crippen LogP contribution is -2.05. The van der Waals surface area contributed by atoms with Gasteiger partial charge in [-0.2, -0.15) is 0 Å². The second-order valence-electron chi connectivity index (χ2n) is 4.87. The van der Waals surface area contributed by atoms with Crippen LogP contribution in [-0.2, 0) is 0 Å². The van der Waals surface area contributed by atoms with Crippen LogP contribution in [0.3, 0.4) is 0 Å². The summed E-state index contributed by atoms with van der Waals surface area (Å²) in [6, 6.07) is 6.90. The van der Waals surface area contributed by atoms with Gasteiger partial charge in [-0.05, 0) is 53.5 Å². The van der Waals surface area contributed by atoms with E-state index in [1.807, 2.05) is 19.1 Å². The number of fused-ring (bicyclic) bond motifs is 1. The smallest absolute Gasteiger partial charge is 0.164 e. The zero-order chi connectivity index (χ0) is 15.1. The van der Waals surface area contributed by atoms with Gasteiger partial charge in [0, 0.05) is 10.7 Å². The summed E-state index contributed by atoms with van der Waals surface area (Å²) >= 11 is 9.57. The summed E-state index contributed by atoms with van der Waals surface area (Å²) in [4.78, 5) is 8.84. The van der Waals surface area contributed by atoms with E-state index >= 15 is 0 Å². The molecule has 3 aromatic rings. The Balaban J connectivity index is 2.36. The first-order valence-electron chi connectivity index (χ1n) is 6.42. The van der Waals surface area contributed by atoms with E-state index in [0.717, 1.165) is 10.0 Å². The van der Waals surface area contributed by atoms with Crippen molar-refractivity contribution >= 4 is 38.7 Å². The lowest BCUT2D eigenvalue weighted by atomic mass is 10.2. The van der Waals surface area contributed by atoms with E-state index < -0.39 is 0 Å². The summed E-state index contributed by atoms with van der Waals surface area (Å²) in [5.41, 5.74) is 2.52. The van der Waals surface area contributed by atoms with E-state index in [1.165, 1.54) is 6.07 Å². The van der Waals surface area contributed by atoms with Crippen molar-refractivity contribution in [1.82, 2.24) is 14.5 Å². The van der Waals surface area contributed by atoms with Gasteiger partial charge in [-0.25, -0.2) is 14.4 Å². The van der Waals surface area contributed by atoms with Crippen LogP contribution >= 0.6 is 27.5 Å². The van der Waals surface area contributed by atoms with Gasteiger partial charge in [-0.1, -0.05) is 6.07 Å². The Bertz CT molecular complexity index is 829. The third-order valence-electron chi connectivity index (χ3n) is 3.19. The van der Waals surface area contributed by atoms with Gasteiger partial charge < -0.3 is 0 Å². The molecule has 21 heavy (non-hydrogen) atoms. The average Bonchev–Trinajstić information content (AvgIpc) is 2.77. The van der Waals surface area contributed by atoms with Crippen molar-refractivity contribution in [3.63, 3.8) is 0 Å². The Morgan fingerprint density at radius 2 is 2.10 bits per heavy atom. The summed E-state index contributed by atoms with van der Waals surface area (Å²) in [5.74, 6) is 0.248. The molecule has 2 aromatic heterocycles. The molecule has 0 radical (unpaired) electrons. The second kappa shape index (κ2) is 5.39. The number of nitrogens with zero attached hydrogens (tertiary/aromatic N) is 3. The molecule has 0 fully saturated rings. The van der Waals surface area contributed by atoms with E-state index in [4.69, 9.17) is 11.6 Å². The van der Waals surface area contributed by atoms with Crippen LogP contribution in [0, 0.1) is 12.7 Å². The van der Waals surface area contributed by atoms with E-state index in [-0.39, 0.29) is 11.2 Å². The van der Waals surface area contributed by atoms with E-state index in [1.54, 1.807) is 23.8 Å². The van der Waals surface area contributed by atoms with Crippen LogP contribution in [0.5, 0.6) is 0 Å². The third kappa shape index (κ3) is 2.56. The second-order valence-corrected chi connectivity index (χ2v) is 6.44. The molecule has 2 heterocycles. The molecular formula is C15H12BrClFN3. The minimum Gasteiger partial charge on any atom is -0.276 e. The molecule has 3 nitrogen and oxygen atoms in total. The zero-order valence-electron chi connectivity index (χ0n) is 11.4. The number of pyridine rings is 1. The maximum atomic E-state index is 14.3. The summed E-state index contributed by atoms with van der Waals surface area (Å²) < 4.78 is 16.8. The van der Waals surface area contributed by atoms with Gasteiger partial charge in [0.15, 0.2) is 5.65 Å². The van der Waals surface area contributed by atoms with Crippen molar-refractivity contribution < 1.29 is 4.39 Å². The summed E-state index contributed by atoms with van der Waals surface area (Å²) in [7, 11) is 0. The number of hydrogen-bond acceptors (Lipinski definition) is 2. The molecule has 6 heteroatoms. The maximum absolute atomic E-state index is 14.3. The van der Waals surface area contributed by atoms with E-state index in [2.05, 4.69) is 25.9 Å². The Morgan fingerprint density at radius 1 is 1.33 bits per heavy atom. The predicted molar refractivity (Wildman–Crippen MR) is 85.5 cm³/mol. The van der Waals surface area contributed by atoms with Crippen LogP contribution in [0.25, 0.3) is 16.9 Å². The van der Waals surface area contributed by atoms with Crippen molar-refractivity contribution in [3.8, 4) is 5.69 Å². The molecule has 0 N–H and O–H groups in total. The molecule has 0 spiro atoms. The van der Waals surface area contributed by atoms with Crippen molar-refractivity contribution in [2.75, 3.05) is 0 Å². The molecule has 0 aliphatic carbocycles. The molecule has 0 aliphatic rings. The number of halogens is 3. The van der Waals surface area contributed by atoms with Gasteiger partial charge in [0.25, 0.3) is 0 Å².